The van der Waals surface area contributed by atoms with E-state index < -0.39 is 0 Å². The molecular formula is C9H8BrFINO. The van der Waals surface area contributed by atoms with Crippen LogP contribution in [-0.4, -0.2) is 17.8 Å². The topological polar surface area (TPSA) is 32.3 Å². The predicted octanol–water partition coefficient (Wildman–Crippen LogP) is 2.52. The van der Waals surface area contributed by atoms with E-state index >= 15 is 0 Å². The number of aliphatic hydroxyl groups is 1. The van der Waals surface area contributed by atoms with Gasteiger partial charge < -0.3 is 10.4 Å². The number of hydrogen-bond acceptors (Lipinski definition) is 2. The third kappa shape index (κ3) is 1.77. The largest absolute Gasteiger partial charge is 0.391 e. The van der Waals surface area contributed by atoms with Crippen molar-refractivity contribution in [2.75, 3.05) is 11.9 Å². The highest BCUT2D eigenvalue weighted by atomic mass is 127. The van der Waals surface area contributed by atoms with Crippen LogP contribution in [-0.2, 0) is 6.42 Å². The molecule has 0 amide bonds. The number of hydrogen-bond donors (Lipinski definition) is 2. The molecule has 1 heterocycles. The van der Waals surface area contributed by atoms with Gasteiger partial charge >= 0.3 is 0 Å². The van der Waals surface area contributed by atoms with E-state index in [0.717, 1.165) is 11.3 Å². The van der Waals surface area contributed by atoms with Crippen LogP contribution in [0.4, 0.5) is 10.1 Å². The minimum absolute atomic E-state index is 0.242. The van der Waals surface area contributed by atoms with Gasteiger partial charge in [0.05, 0.1) is 19.8 Å². The van der Waals surface area contributed by atoms with Gasteiger partial charge in [-0.3, -0.25) is 0 Å². The Labute approximate surface area is 103 Å². The highest BCUT2D eigenvalue weighted by molar-refractivity contribution is 14.1. The molecule has 2 rings (SSSR count). The van der Waals surface area contributed by atoms with Crippen LogP contribution in [0.2, 0.25) is 0 Å². The maximum atomic E-state index is 13.5. The summed E-state index contributed by atoms with van der Waals surface area (Å²) in [5.74, 6) is -0.242. The summed E-state index contributed by atoms with van der Waals surface area (Å²) in [6.45, 7) is 0.490. The fourth-order valence-electron chi connectivity index (χ4n) is 1.54. The number of fused-ring (bicyclic) bond motifs is 1. The monoisotopic (exact) mass is 371 g/mol. The van der Waals surface area contributed by atoms with E-state index in [1.165, 1.54) is 0 Å². The number of nitrogens with one attached hydrogen (secondary N) is 1. The highest BCUT2D eigenvalue weighted by Crippen LogP contribution is 2.33. The molecule has 0 fully saturated rings. The van der Waals surface area contributed by atoms with E-state index in [1.807, 2.05) is 22.6 Å². The van der Waals surface area contributed by atoms with Crippen molar-refractivity contribution in [1.82, 2.24) is 0 Å². The van der Waals surface area contributed by atoms with E-state index in [4.69, 9.17) is 0 Å². The van der Waals surface area contributed by atoms with E-state index in [2.05, 4.69) is 21.2 Å². The number of aliphatic hydroxyl groups excluding tert-OH is 1. The van der Waals surface area contributed by atoms with Gasteiger partial charge in [-0.15, -0.1) is 0 Å². The Morgan fingerprint density at radius 1 is 1.64 bits per heavy atom. The molecule has 76 valence electrons. The molecule has 0 bridgehead atoms. The average Bonchev–Trinajstić information content (AvgIpc) is 2.14. The minimum Gasteiger partial charge on any atom is -0.391 e. The predicted molar refractivity (Wildman–Crippen MR) is 65.0 cm³/mol. The second-order valence-corrected chi connectivity index (χ2v) is 5.19. The Balaban J connectivity index is 2.54. The molecule has 2 nitrogen and oxygen atoms in total. The quantitative estimate of drug-likeness (QED) is 0.542. The average molecular weight is 372 g/mol. The van der Waals surface area contributed by atoms with Crippen LogP contribution in [0.25, 0.3) is 0 Å². The second-order valence-electron chi connectivity index (χ2n) is 3.26. The lowest BCUT2D eigenvalue weighted by Gasteiger charge is -2.24. The summed E-state index contributed by atoms with van der Waals surface area (Å²) in [4.78, 5) is 0. The number of benzene rings is 1. The van der Waals surface area contributed by atoms with Crippen LogP contribution in [0.5, 0.6) is 0 Å². The number of halogens is 3. The molecule has 1 aliphatic heterocycles. The normalized spacial score (nSPS) is 20.1. The number of rotatable bonds is 0. The van der Waals surface area contributed by atoms with Crippen LogP contribution < -0.4 is 5.32 Å². The van der Waals surface area contributed by atoms with E-state index in [0.29, 0.717) is 21.0 Å². The summed E-state index contributed by atoms with van der Waals surface area (Å²) >= 11 is 5.13. The molecule has 2 N–H and O–H groups in total. The van der Waals surface area contributed by atoms with Crippen LogP contribution in [0.3, 0.4) is 0 Å². The summed E-state index contributed by atoms with van der Waals surface area (Å²) in [7, 11) is 0. The van der Waals surface area contributed by atoms with Gasteiger partial charge in [-0.25, -0.2) is 4.39 Å². The first-order valence-electron chi connectivity index (χ1n) is 4.18. The zero-order valence-electron chi connectivity index (χ0n) is 7.15. The lowest BCUT2D eigenvalue weighted by Crippen LogP contribution is -2.28. The van der Waals surface area contributed by atoms with Gasteiger partial charge in [0.1, 0.15) is 0 Å². The second kappa shape index (κ2) is 3.94. The Morgan fingerprint density at radius 2 is 2.36 bits per heavy atom. The maximum absolute atomic E-state index is 13.5. The molecule has 0 saturated heterocycles. The molecule has 0 spiro atoms. The maximum Gasteiger partial charge on any atom is 0.152 e. The zero-order chi connectivity index (χ0) is 10.3. The molecule has 0 radical (unpaired) electrons. The molecule has 0 aliphatic carbocycles. The summed E-state index contributed by atoms with van der Waals surface area (Å²) in [6.07, 6.45) is 0.202. The van der Waals surface area contributed by atoms with E-state index in [9.17, 15) is 9.50 Å². The Kier molecular flexibility index (Phi) is 2.99. The van der Waals surface area contributed by atoms with Gasteiger partial charge in [-0.2, -0.15) is 0 Å². The van der Waals surface area contributed by atoms with Crippen molar-refractivity contribution in [3.63, 3.8) is 0 Å². The van der Waals surface area contributed by atoms with Gasteiger partial charge in [0.2, 0.25) is 0 Å². The van der Waals surface area contributed by atoms with Crippen LogP contribution >= 0.6 is 38.5 Å². The van der Waals surface area contributed by atoms with Gasteiger partial charge in [-0.05, 0) is 50.2 Å². The van der Waals surface area contributed by atoms with Crippen molar-refractivity contribution in [3.8, 4) is 0 Å². The van der Waals surface area contributed by atoms with Gasteiger partial charge in [0, 0.05) is 13.0 Å². The van der Waals surface area contributed by atoms with E-state index in [-0.39, 0.29) is 11.9 Å². The molecule has 14 heavy (non-hydrogen) atoms. The first-order valence-corrected chi connectivity index (χ1v) is 6.05. The SMILES string of the molecule is OC1CNc2c(cc(Br)c(F)c2I)C1. The Bertz CT molecular complexity index is 386. The van der Waals surface area contributed by atoms with Gasteiger partial charge in [0.25, 0.3) is 0 Å². The molecule has 1 atom stereocenters. The molecule has 1 unspecified atom stereocenters. The summed E-state index contributed by atoms with van der Waals surface area (Å²) in [5, 5.41) is 12.5. The molecule has 0 aromatic heterocycles. The van der Waals surface area contributed by atoms with Crippen molar-refractivity contribution < 1.29 is 9.50 Å². The Morgan fingerprint density at radius 3 is 3.07 bits per heavy atom. The molecule has 1 aromatic carbocycles. The van der Waals surface area contributed by atoms with Gasteiger partial charge in [-0.1, -0.05) is 0 Å². The van der Waals surface area contributed by atoms with E-state index in [1.54, 1.807) is 6.07 Å². The smallest absolute Gasteiger partial charge is 0.152 e. The van der Waals surface area contributed by atoms with Crippen LogP contribution in [0.15, 0.2) is 10.5 Å². The number of β-amino-alcohol motifs (C(OH)–C–C–N with tert-alkyl or cyclic N) is 1. The van der Waals surface area contributed by atoms with Gasteiger partial charge in [0.15, 0.2) is 5.82 Å². The summed E-state index contributed by atoms with van der Waals surface area (Å²) < 4.78 is 14.5. The first-order chi connectivity index (χ1) is 6.59. The molecule has 1 aliphatic rings. The highest BCUT2D eigenvalue weighted by Gasteiger charge is 2.21. The molecule has 5 heteroatoms. The third-order valence-electron chi connectivity index (χ3n) is 2.21. The van der Waals surface area contributed by atoms with Crippen molar-refractivity contribution in [2.24, 2.45) is 0 Å². The van der Waals surface area contributed by atoms with Crippen molar-refractivity contribution in [2.45, 2.75) is 12.5 Å². The lowest BCUT2D eigenvalue weighted by atomic mass is 10.0. The zero-order valence-corrected chi connectivity index (χ0v) is 10.9. The first kappa shape index (κ1) is 10.6. The fourth-order valence-corrected chi connectivity index (χ4v) is 3.21. The van der Waals surface area contributed by atoms with Crippen molar-refractivity contribution in [3.05, 3.63) is 25.5 Å². The lowest BCUT2D eigenvalue weighted by molar-refractivity contribution is 0.184. The molecule has 0 saturated carbocycles. The van der Waals surface area contributed by atoms with Crippen LogP contribution in [0.1, 0.15) is 5.56 Å². The minimum atomic E-state index is -0.379. The summed E-state index contributed by atoms with van der Waals surface area (Å²) in [5.41, 5.74) is 1.78. The van der Waals surface area contributed by atoms with Crippen molar-refractivity contribution in [1.29, 1.82) is 0 Å². The fraction of sp³-hybridized carbons (Fsp3) is 0.333. The molecule has 1 aromatic rings. The molecular weight excluding hydrogens is 364 g/mol. The van der Waals surface area contributed by atoms with Crippen LogP contribution in [0, 0.1) is 9.39 Å². The third-order valence-corrected chi connectivity index (χ3v) is 3.80. The standard InChI is InChI=1S/C9H8BrFINO/c10-6-2-4-1-5(14)3-13-9(4)8(12)7(6)11/h2,5,13-14H,1,3H2. The summed E-state index contributed by atoms with van der Waals surface area (Å²) in [6, 6.07) is 1.72. The Hall–Kier alpha value is 0.120. The van der Waals surface area contributed by atoms with Crippen molar-refractivity contribution >= 4 is 44.2 Å². The number of anilines is 1.